The van der Waals surface area contributed by atoms with Gasteiger partial charge in [0.15, 0.2) is 0 Å². The Bertz CT molecular complexity index is 841. The van der Waals surface area contributed by atoms with Gasteiger partial charge in [-0.25, -0.2) is 0 Å². The number of aryl methyl sites for hydroxylation is 1. The second-order valence-corrected chi connectivity index (χ2v) is 8.73. The number of carbonyl (C=O) groups excluding carboxylic acids is 1. The van der Waals surface area contributed by atoms with Gasteiger partial charge in [0.1, 0.15) is 5.75 Å². The Balaban J connectivity index is 1.30. The van der Waals surface area contributed by atoms with Crippen LogP contribution in [-0.2, 0) is 19.4 Å². The van der Waals surface area contributed by atoms with Crippen LogP contribution in [-0.4, -0.2) is 36.5 Å². The van der Waals surface area contributed by atoms with Gasteiger partial charge in [-0.3, -0.25) is 9.69 Å². The molecule has 1 heterocycles. The fourth-order valence-corrected chi connectivity index (χ4v) is 4.53. The number of hydrogen-bond donors (Lipinski definition) is 1. The molecule has 4 heteroatoms. The van der Waals surface area contributed by atoms with Crippen LogP contribution in [0, 0.1) is 0 Å². The van der Waals surface area contributed by atoms with Crippen molar-refractivity contribution in [1.82, 2.24) is 10.2 Å². The van der Waals surface area contributed by atoms with Crippen molar-refractivity contribution in [3.8, 4) is 5.75 Å². The number of hydrogen-bond acceptors (Lipinski definition) is 3. The highest BCUT2D eigenvalue weighted by Gasteiger charge is 2.21. The quantitative estimate of drug-likeness (QED) is 0.643. The first-order valence-corrected chi connectivity index (χ1v) is 11.6. The lowest BCUT2D eigenvalue weighted by Crippen LogP contribution is -2.38. The molecule has 1 saturated heterocycles. The summed E-state index contributed by atoms with van der Waals surface area (Å²) >= 11 is 0. The maximum absolute atomic E-state index is 12.7. The van der Waals surface area contributed by atoms with Crippen LogP contribution in [0.5, 0.6) is 5.75 Å². The fourth-order valence-electron chi connectivity index (χ4n) is 4.53. The normalized spacial score (nSPS) is 18.8. The van der Waals surface area contributed by atoms with Crippen LogP contribution in [0.25, 0.3) is 0 Å². The molecule has 1 aliphatic carbocycles. The number of likely N-dealkylation sites (tertiary alicyclic amines) is 1. The van der Waals surface area contributed by atoms with E-state index in [-0.39, 0.29) is 11.9 Å². The van der Waals surface area contributed by atoms with Crippen LogP contribution in [0.2, 0.25) is 0 Å². The predicted molar refractivity (Wildman–Crippen MR) is 121 cm³/mol. The van der Waals surface area contributed by atoms with E-state index in [9.17, 15) is 4.79 Å². The van der Waals surface area contributed by atoms with Gasteiger partial charge in [0, 0.05) is 18.2 Å². The molecule has 1 aliphatic heterocycles. The average Bonchev–Trinajstić information content (AvgIpc) is 3.27. The summed E-state index contributed by atoms with van der Waals surface area (Å²) in [6.45, 7) is 6.41. The van der Waals surface area contributed by atoms with E-state index in [0.717, 1.165) is 51.0 Å². The van der Waals surface area contributed by atoms with Crippen LogP contribution >= 0.6 is 0 Å². The van der Waals surface area contributed by atoms with Crippen molar-refractivity contribution in [3.05, 3.63) is 64.7 Å². The summed E-state index contributed by atoms with van der Waals surface area (Å²) in [5.74, 6) is 0.838. The molecule has 0 aromatic heterocycles. The molecule has 0 radical (unpaired) electrons. The first-order chi connectivity index (χ1) is 14.7. The first-order valence-electron chi connectivity index (χ1n) is 11.6. The molecule has 1 N–H and O–H groups in total. The van der Waals surface area contributed by atoms with Gasteiger partial charge in [0.05, 0.1) is 6.61 Å². The number of carbonyl (C=O) groups is 1. The van der Waals surface area contributed by atoms with Crippen LogP contribution in [0.1, 0.15) is 66.1 Å². The second kappa shape index (κ2) is 10.1. The Morgan fingerprint density at radius 3 is 2.67 bits per heavy atom. The third-order valence-corrected chi connectivity index (χ3v) is 6.32. The van der Waals surface area contributed by atoms with E-state index in [2.05, 4.69) is 35.3 Å². The van der Waals surface area contributed by atoms with Crippen molar-refractivity contribution in [2.45, 2.75) is 64.5 Å². The SMILES string of the molecule is CCCCOc1ccc(C(=O)NC2CCc3cc(CN4CCCC4)ccc3C2)cc1. The van der Waals surface area contributed by atoms with Crippen LogP contribution in [0.3, 0.4) is 0 Å². The van der Waals surface area contributed by atoms with Crippen molar-refractivity contribution in [3.63, 3.8) is 0 Å². The summed E-state index contributed by atoms with van der Waals surface area (Å²) in [5, 5.41) is 3.23. The number of amides is 1. The molecule has 4 rings (SSSR count). The summed E-state index contributed by atoms with van der Waals surface area (Å²) in [5.41, 5.74) is 4.98. The molecule has 0 spiro atoms. The number of nitrogens with zero attached hydrogens (tertiary/aromatic N) is 1. The van der Waals surface area contributed by atoms with E-state index in [1.807, 2.05) is 24.3 Å². The maximum atomic E-state index is 12.7. The monoisotopic (exact) mass is 406 g/mol. The van der Waals surface area contributed by atoms with Gasteiger partial charge < -0.3 is 10.1 Å². The topological polar surface area (TPSA) is 41.6 Å². The zero-order valence-corrected chi connectivity index (χ0v) is 18.2. The lowest BCUT2D eigenvalue weighted by Gasteiger charge is -2.26. The summed E-state index contributed by atoms with van der Waals surface area (Å²) in [4.78, 5) is 15.2. The molecule has 4 nitrogen and oxygen atoms in total. The molecule has 30 heavy (non-hydrogen) atoms. The number of nitrogens with one attached hydrogen (secondary N) is 1. The minimum absolute atomic E-state index is 0.00853. The summed E-state index contributed by atoms with van der Waals surface area (Å²) in [7, 11) is 0. The van der Waals surface area contributed by atoms with Crippen molar-refractivity contribution in [2.75, 3.05) is 19.7 Å². The molecule has 2 aliphatic rings. The molecule has 0 saturated carbocycles. The standard InChI is InChI=1S/C26H34N2O2/c1-2-3-16-30-25-12-9-21(10-13-25)26(29)27-24-11-8-22-17-20(6-7-23(22)18-24)19-28-14-4-5-15-28/h6-7,9-10,12-13,17,24H,2-5,8,11,14-16,18-19H2,1H3,(H,27,29). The molecule has 1 amide bonds. The van der Waals surface area contributed by atoms with E-state index in [0.29, 0.717) is 5.56 Å². The Morgan fingerprint density at radius 1 is 1.10 bits per heavy atom. The molecule has 1 fully saturated rings. The van der Waals surface area contributed by atoms with Gasteiger partial charge in [0.25, 0.3) is 5.91 Å². The average molecular weight is 407 g/mol. The minimum Gasteiger partial charge on any atom is -0.494 e. The molecular weight excluding hydrogens is 372 g/mol. The van der Waals surface area contributed by atoms with Gasteiger partial charge in [-0.05, 0) is 92.6 Å². The third kappa shape index (κ3) is 5.42. The van der Waals surface area contributed by atoms with Crippen molar-refractivity contribution in [1.29, 1.82) is 0 Å². The molecule has 1 atom stereocenters. The Morgan fingerprint density at radius 2 is 1.90 bits per heavy atom. The maximum Gasteiger partial charge on any atom is 0.251 e. The smallest absolute Gasteiger partial charge is 0.251 e. The van der Waals surface area contributed by atoms with Crippen molar-refractivity contribution in [2.24, 2.45) is 0 Å². The second-order valence-electron chi connectivity index (χ2n) is 8.73. The highest BCUT2D eigenvalue weighted by molar-refractivity contribution is 5.94. The molecular formula is C26H34N2O2. The van der Waals surface area contributed by atoms with E-state index < -0.39 is 0 Å². The summed E-state index contributed by atoms with van der Waals surface area (Å²) < 4.78 is 5.69. The Hall–Kier alpha value is -2.33. The van der Waals surface area contributed by atoms with Crippen LogP contribution in [0.4, 0.5) is 0 Å². The van der Waals surface area contributed by atoms with Gasteiger partial charge in [-0.15, -0.1) is 0 Å². The van der Waals surface area contributed by atoms with E-state index in [4.69, 9.17) is 4.74 Å². The van der Waals surface area contributed by atoms with E-state index in [1.54, 1.807) is 0 Å². The lowest BCUT2D eigenvalue weighted by molar-refractivity contribution is 0.0933. The lowest BCUT2D eigenvalue weighted by atomic mass is 9.87. The zero-order valence-electron chi connectivity index (χ0n) is 18.2. The Kier molecular flexibility index (Phi) is 7.06. The zero-order chi connectivity index (χ0) is 20.8. The number of fused-ring (bicyclic) bond motifs is 1. The number of rotatable bonds is 8. The van der Waals surface area contributed by atoms with E-state index >= 15 is 0 Å². The van der Waals surface area contributed by atoms with Crippen molar-refractivity contribution < 1.29 is 9.53 Å². The van der Waals surface area contributed by atoms with Gasteiger partial charge in [-0.1, -0.05) is 31.5 Å². The van der Waals surface area contributed by atoms with Gasteiger partial charge in [-0.2, -0.15) is 0 Å². The van der Waals surface area contributed by atoms with Crippen LogP contribution in [0.15, 0.2) is 42.5 Å². The van der Waals surface area contributed by atoms with Gasteiger partial charge in [0.2, 0.25) is 0 Å². The molecule has 0 bridgehead atoms. The number of ether oxygens (including phenoxy) is 1. The number of unbranched alkanes of at least 4 members (excludes halogenated alkanes) is 1. The van der Waals surface area contributed by atoms with Crippen LogP contribution < -0.4 is 10.1 Å². The van der Waals surface area contributed by atoms with Gasteiger partial charge >= 0.3 is 0 Å². The van der Waals surface area contributed by atoms with Crippen molar-refractivity contribution >= 4 is 5.91 Å². The molecule has 2 aromatic rings. The third-order valence-electron chi connectivity index (χ3n) is 6.32. The summed E-state index contributed by atoms with van der Waals surface area (Å²) in [6.07, 6.45) is 7.80. The highest BCUT2D eigenvalue weighted by Crippen LogP contribution is 2.24. The summed E-state index contributed by atoms with van der Waals surface area (Å²) in [6, 6.07) is 14.7. The Labute approximate surface area is 180 Å². The fraction of sp³-hybridized carbons (Fsp3) is 0.500. The number of benzene rings is 2. The molecule has 1 unspecified atom stereocenters. The highest BCUT2D eigenvalue weighted by atomic mass is 16.5. The first kappa shape index (κ1) is 20.9. The largest absolute Gasteiger partial charge is 0.494 e. The molecule has 160 valence electrons. The van der Waals surface area contributed by atoms with E-state index in [1.165, 1.54) is 42.6 Å². The molecule has 2 aromatic carbocycles. The minimum atomic E-state index is 0.00853. The predicted octanol–water partition coefficient (Wildman–Crippen LogP) is 4.75.